The van der Waals surface area contributed by atoms with Crippen LogP contribution in [-0.4, -0.2) is 28.7 Å². The zero-order valence-electron chi connectivity index (χ0n) is 12.6. The molecule has 0 radical (unpaired) electrons. The molecule has 1 atom stereocenters. The lowest BCUT2D eigenvalue weighted by Gasteiger charge is -2.45. The van der Waals surface area contributed by atoms with E-state index in [4.69, 9.17) is 0 Å². The summed E-state index contributed by atoms with van der Waals surface area (Å²) in [4.78, 5) is 10.8. The van der Waals surface area contributed by atoms with Gasteiger partial charge in [0.15, 0.2) is 5.16 Å². The van der Waals surface area contributed by atoms with Gasteiger partial charge in [-0.3, -0.25) is 0 Å². The fraction of sp³-hybridized carbons (Fsp3) is 0.412. The molecule has 1 aliphatic heterocycles. The number of hydrogen-bond acceptors (Lipinski definition) is 5. The van der Waals surface area contributed by atoms with Gasteiger partial charge in [-0.2, -0.15) is 4.98 Å². The van der Waals surface area contributed by atoms with Crippen molar-refractivity contribution in [1.82, 2.24) is 9.97 Å². The molecule has 22 heavy (non-hydrogen) atoms. The first-order chi connectivity index (χ1) is 10.6. The van der Waals surface area contributed by atoms with Gasteiger partial charge in [-0.1, -0.05) is 18.2 Å². The molecule has 2 heterocycles. The van der Waals surface area contributed by atoms with Crippen LogP contribution in [0.25, 0.3) is 0 Å². The van der Waals surface area contributed by atoms with Gasteiger partial charge < -0.3 is 10.0 Å². The summed E-state index contributed by atoms with van der Waals surface area (Å²) in [6, 6.07) is 8.63. The summed E-state index contributed by atoms with van der Waals surface area (Å²) in [5.74, 6) is 0.106. The normalized spacial score (nSPS) is 23.3. The first-order valence-electron chi connectivity index (χ1n) is 7.63. The first kappa shape index (κ1) is 13.9. The van der Waals surface area contributed by atoms with Crippen molar-refractivity contribution in [3.63, 3.8) is 0 Å². The molecule has 0 bridgehead atoms. The van der Waals surface area contributed by atoms with Crippen LogP contribution in [-0.2, 0) is 19.3 Å². The van der Waals surface area contributed by atoms with E-state index in [1.807, 2.05) is 0 Å². The van der Waals surface area contributed by atoms with Crippen molar-refractivity contribution in [2.45, 2.75) is 30.8 Å². The molecule has 4 rings (SSSR count). The van der Waals surface area contributed by atoms with Gasteiger partial charge in [-0.05, 0) is 42.7 Å². The molecule has 1 N–H and O–H groups in total. The number of anilines is 1. The molecule has 0 saturated carbocycles. The van der Waals surface area contributed by atoms with E-state index in [0.717, 1.165) is 43.5 Å². The number of aromatic nitrogens is 2. The predicted molar refractivity (Wildman–Crippen MR) is 88.8 cm³/mol. The summed E-state index contributed by atoms with van der Waals surface area (Å²) in [6.45, 7) is 1.02. The topological polar surface area (TPSA) is 49.2 Å². The van der Waals surface area contributed by atoms with E-state index in [9.17, 15) is 5.11 Å². The summed E-state index contributed by atoms with van der Waals surface area (Å²) in [7, 11) is 2.16. The molecule has 1 aromatic carbocycles. The summed E-state index contributed by atoms with van der Waals surface area (Å²) >= 11 is 4.21. The number of fused-ring (bicyclic) bond motifs is 2. The van der Waals surface area contributed by atoms with Crippen LogP contribution in [0.1, 0.15) is 23.2 Å². The maximum atomic E-state index is 10.0. The molecule has 2 aliphatic rings. The van der Waals surface area contributed by atoms with Gasteiger partial charge in [-0.15, -0.1) is 12.6 Å². The molecule has 1 aromatic heterocycles. The lowest BCUT2D eigenvalue weighted by molar-refractivity contribution is 0.233. The van der Waals surface area contributed by atoms with Crippen molar-refractivity contribution in [2.24, 2.45) is 5.41 Å². The molecule has 0 amide bonds. The van der Waals surface area contributed by atoms with Gasteiger partial charge in [0.1, 0.15) is 0 Å². The molecule has 0 fully saturated rings. The number of hydrogen-bond donors (Lipinski definition) is 2. The summed E-state index contributed by atoms with van der Waals surface area (Å²) < 4.78 is 0. The Morgan fingerprint density at radius 3 is 2.91 bits per heavy atom. The van der Waals surface area contributed by atoms with Crippen LogP contribution in [0.3, 0.4) is 0 Å². The molecule has 4 nitrogen and oxygen atoms in total. The lowest BCUT2D eigenvalue weighted by Crippen LogP contribution is -2.45. The van der Waals surface area contributed by atoms with Crippen LogP contribution in [0.2, 0.25) is 0 Å². The number of benzene rings is 1. The monoisotopic (exact) mass is 313 g/mol. The molecular formula is C17H19N3OS. The highest BCUT2D eigenvalue weighted by Gasteiger charge is 2.40. The fourth-order valence-electron chi connectivity index (χ4n) is 4.11. The van der Waals surface area contributed by atoms with Crippen LogP contribution >= 0.6 is 12.6 Å². The highest BCUT2D eigenvalue weighted by Crippen LogP contribution is 2.45. The summed E-state index contributed by atoms with van der Waals surface area (Å²) in [5.41, 5.74) is 4.81. The van der Waals surface area contributed by atoms with Gasteiger partial charge in [0, 0.05) is 24.8 Å². The maximum absolute atomic E-state index is 10.0. The quantitative estimate of drug-likeness (QED) is 0.580. The number of rotatable bonds is 0. The highest BCUT2D eigenvalue weighted by molar-refractivity contribution is 7.80. The molecular weight excluding hydrogens is 294 g/mol. The minimum Gasteiger partial charge on any atom is -0.493 e. The molecule has 1 aliphatic carbocycles. The Morgan fingerprint density at radius 2 is 2.05 bits per heavy atom. The zero-order chi connectivity index (χ0) is 15.3. The van der Waals surface area contributed by atoms with E-state index in [0.29, 0.717) is 5.16 Å². The minimum atomic E-state index is 0.106. The summed E-state index contributed by atoms with van der Waals surface area (Å²) in [5, 5.41) is 10.4. The molecule has 0 unspecified atom stereocenters. The van der Waals surface area contributed by atoms with Crippen LogP contribution < -0.4 is 4.90 Å². The van der Waals surface area contributed by atoms with Crippen molar-refractivity contribution in [1.29, 1.82) is 0 Å². The highest BCUT2D eigenvalue weighted by atomic mass is 32.1. The van der Waals surface area contributed by atoms with E-state index in [-0.39, 0.29) is 11.3 Å². The van der Waals surface area contributed by atoms with Crippen LogP contribution in [0.4, 0.5) is 5.69 Å². The van der Waals surface area contributed by atoms with E-state index in [1.54, 1.807) is 0 Å². The third-order valence-corrected chi connectivity index (χ3v) is 5.25. The second-order valence-electron chi connectivity index (χ2n) is 6.61. The number of nitrogens with zero attached hydrogens (tertiary/aromatic N) is 3. The van der Waals surface area contributed by atoms with Crippen molar-refractivity contribution in [3.05, 3.63) is 41.1 Å². The first-order valence-corrected chi connectivity index (χ1v) is 8.08. The van der Waals surface area contributed by atoms with E-state index in [2.05, 4.69) is 58.8 Å². The third kappa shape index (κ3) is 2.15. The molecule has 0 saturated heterocycles. The Labute approximate surface area is 135 Å². The van der Waals surface area contributed by atoms with Gasteiger partial charge in [0.05, 0.1) is 5.69 Å². The van der Waals surface area contributed by atoms with Gasteiger partial charge in [0.2, 0.25) is 5.88 Å². The lowest BCUT2D eigenvalue weighted by atomic mass is 9.67. The Kier molecular flexibility index (Phi) is 3.08. The second kappa shape index (κ2) is 4.88. The van der Waals surface area contributed by atoms with Crippen molar-refractivity contribution in [2.75, 3.05) is 18.5 Å². The SMILES string of the molecule is CN1C[C@]2(CCc3c(O)nc(S)nc3C2)Cc2ccccc21. The molecule has 2 aromatic rings. The predicted octanol–water partition coefficient (Wildman–Crippen LogP) is 2.64. The number of thiol groups is 1. The van der Waals surface area contributed by atoms with Gasteiger partial charge in [-0.25, -0.2) is 4.98 Å². The zero-order valence-corrected chi connectivity index (χ0v) is 13.5. The smallest absolute Gasteiger partial charge is 0.218 e. The Balaban J connectivity index is 1.73. The molecule has 1 spiro atoms. The Bertz CT molecular complexity index is 749. The average Bonchev–Trinajstić information content (AvgIpc) is 2.46. The number of para-hydroxylation sites is 1. The third-order valence-electron chi connectivity index (χ3n) is 5.05. The fourth-order valence-corrected chi connectivity index (χ4v) is 4.32. The minimum absolute atomic E-state index is 0.106. The largest absolute Gasteiger partial charge is 0.493 e. The number of aromatic hydroxyl groups is 1. The second-order valence-corrected chi connectivity index (χ2v) is 7.01. The average molecular weight is 313 g/mol. The van der Waals surface area contributed by atoms with E-state index < -0.39 is 0 Å². The van der Waals surface area contributed by atoms with Crippen LogP contribution in [0.5, 0.6) is 5.88 Å². The Hall–Kier alpha value is -1.75. The maximum Gasteiger partial charge on any atom is 0.218 e. The van der Waals surface area contributed by atoms with Gasteiger partial charge in [0.25, 0.3) is 0 Å². The standard InChI is InChI=1S/C17H19N3OS/c1-20-10-17(8-11-4-2-3-5-14(11)20)7-6-12-13(9-17)18-16(22)19-15(12)21/h2-5H,6-10H2,1H3,(H2,18,19,21,22)/t17-/m1/s1. The summed E-state index contributed by atoms with van der Waals surface area (Å²) in [6.07, 6.45) is 3.84. The van der Waals surface area contributed by atoms with Crippen LogP contribution in [0.15, 0.2) is 29.4 Å². The van der Waals surface area contributed by atoms with Gasteiger partial charge >= 0.3 is 0 Å². The molecule has 114 valence electrons. The van der Waals surface area contributed by atoms with Crippen molar-refractivity contribution >= 4 is 18.3 Å². The van der Waals surface area contributed by atoms with Crippen molar-refractivity contribution < 1.29 is 5.11 Å². The van der Waals surface area contributed by atoms with Crippen molar-refractivity contribution in [3.8, 4) is 5.88 Å². The molecule has 5 heteroatoms. The van der Waals surface area contributed by atoms with E-state index >= 15 is 0 Å². The Morgan fingerprint density at radius 1 is 1.23 bits per heavy atom. The van der Waals surface area contributed by atoms with E-state index in [1.165, 1.54) is 11.3 Å². The van der Waals surface area contributed by atoms with Crippen LogP contribution in [0, 0.1) is 5.41 Å².